The first kappa shape index (κ1) is 13.9. The quantitative estimate of drug-likeness (QED) is 0.465. The summed E-state index contributed by atoms with van der Waals surface area (Å²) in [6.45, 7) is 2.06. The number of nitrogens with one attached hydrogen (secondary N) is 2. The van der Waals surface area contributed by atoms with Gasteiger partial charge in [0, 0.05) is 6.04 Å². The number of carbonyl (C=O) groups excluding carboxylic acids is 2. The van der Waals surface area contributed by atoms with E-state index >= 15 is 0 Å². The van der Waals surface area contributed by atoms with Crippen LogP contribution >= 0.6 is 12.2 Å². The van der Waals surface area contributed by atoms with Gasteiger partial charge in [-0.3, -0.25) is 9.59 Å². The third kappa shape index (κ3) is 5.63. The van der Waals surface area contributed by atoms with Gasteiger partial charge in [-0.05, 0) is 18.8 Å². The highest BCUT2D eigenvalue weighted by atomic mass is 32.1. The summed E-state index contributed by atoms with van der Waals surface area (Å²) < 4.78 is 0. The lowest BCUT2D eigenvalue weighted by Crippen LogP contribution is -2.46. The topological polar surface area (TPSA) is 84.2 Å². The zero-order valence-electron chi connectivity index (χ0n) is 9.99. The zero-order valence-corrected chi connectivity index (χ0v) is 10.8. The largest absolute Gasteiger partial charge is 0.392 e. The van der Waals surface area contributed by atoms with Crippen molar-refractivity contribution in [2.75, 3.05) is 6.54 Å². The number of nitrogens with two attached hydrogens (primary N) is 1. The fraction of sp³-hybridized carbons (Fsp3) is 0.727. The molecule has 1 aliphatic carbocycles. The van der Waals surface area contributed by atoms with Gasteiger partial charge in [0.25, 0.3) is 0 Å². The Hall–Kier alpha value is -1.17. The fourth-order valence-corrected chi connectivity index (χ4v) is 1.65. The van der Waals surface area contributed by atoms with Crippen molar-refractivity contribution < 1.29 is 9.59 Å². The van der Waals surface area contributed by atoms with E-state index < -0.39 is 11.8 Å². The number of amides is 2. The number of thiocarbonyl (C=S) groups is 1. The lowest BCUT2D eigenvalue weighted by Gasteiger charge is -2.16. The van der Waals surface area contributed by atoms with Gasteiger partial charge < -0.3 is 16.4 Å². The molecule has 17 heavy (non-hydrogen) atoms. The Morgan fingerprint density at radius 3 is 2.53 bits per heavy atom. The smallest absolute Gasteiger partial charge is 0.309 e. The highest BCUT2D eigenvalue weighted by molar-refractivity contribution is 7.80. The average Bonchev–Trinajstić information content (AvgIpc) is 3.08. The maximum atomic E-state index is 11.5. The molecular formula is C11H19N3O2S. The molecule has 96 valence electrons. The van der Waals surface area contributed by atoms with Crippen LogP contribution < -0.4 is 16.4 Å². The predicted molar refractivity (Wildman–Crippen MR) is 69.4 cm³/mol. The van der Waals surface area contributed by atoms with E-state index in [1.165, 1.54) is 12.8 Å². The van der Waals surface area contributed by atoms with Gasteiger partial charge in [0.05, 0.1) is 11.5 Å². The van der Waals surface area contributed by atoms with Crippen molar-refractivity contribution in [2.24, 2.45) is 11.7 Å². The summed E-state index contributed by atoms with van der Waals surface area (Å²) in [7, 11) is 0. The maximum Gasteiger partial charge on any atom is 0.309 e. The summed E-state index contributed by atoms with van der Waals surface area (Å²) in [4.78, 5) is 23.0. The Kier molecular flexibility index (Phi) is 5.34. The molecule has 0 aromatic carbocycles. The molecule has 1 atom stereocenters. The van der Waals surface area contributed by atoms with Crippen molar-refractivity contribution >= 4 is 29.0 Å². The molecule has 0 aliphatic heterocycles. The predicted octanol–water partition coefficient (Wildman–Crippen LogP) is 0.0836. The van der Waals surface area contributed by atoms with Gasteiger partial charge in [0.1, 0.15) is 0 Å². The first-order valence-electron chi connectivity index (χ1n) is 5.90. The molecule has 1 rings (SSSR count). The maximum absolute atomic E-state index is 11.5. The van der Waals surface area contributed by atoms with Crippen LogP contribution in [0, 0.1) is 5.92 Å². The van der Waals surface area contributed by atoms with Gasteiger partial charge in [-0.15, -0.1) is 0 Å². The number of hydrogen-bond donors (Lipinski definition) is 3. The van der Waals surface area contributed by atoms with Crippen LogP contribution in [-0.2, 0) is 9.59 Å². The summed E-state index contributed by atoms with van der Waals surface area (Å²) in [5.74, 6) is -0.555. The minimum Gasteiger partial charge on any atom is -0.392 e. The first-order chi connectivity index (χ1) is 8.02. The third-order valence-electron chi connectivity index (χ3n) is 2.77. The van der Waals surface area contributed by atoms with Crippen molar-refractivity contribution in [3.05, 3.63) is 0 Å². The van der Waals surface area contributed by atoms with Gasteiger partial charge >= 0.3 is 11.8 Å². The lowest BCUT2D eigenvalue weighted by atomic mass is 10.1. The lowest BCUT2D eigenvalue weighted by molar-refractivity contribution is -0.139. The van der Waals surface area contributed by atoms with E-state index in [1.807, 2.05) is 6.92 Å². The second-order valence-electron chi connectivity index (χ2n) is 4.41. The van der Waals surface area contributed by atoms with Crippen molar-refractivity contribution in [2.45, 2.75) is 38.6 Å². The normalized spacial score (nSPS) is 16.1. The van der Waals surface area contributed by atoms with Crippen molar-refractivity contribution in [1.82, 2.24) is 10.6 Å². The summed E-state index contributed by atoms with van der Waals surface area (Å²) in [6.07, 6.45) is 4.27. The number of hydrogen-bond acceptors (Lipinski definition) is 3. The molecule has 0 radical (unpaired) electrons. The molecule has 1 aliphatic rings. The number of carbonyl (C=O) groups is 2. The van der Waals surface area contributed by atoms with E-state index in [1.54, 1.807) is 0 Å². The Morgan fingerprint density at radius 1 is 1.41 bits per heavy atom. The van der Waals surface area contributed by atoms with Crippen LogP contribution in [0.3, 0.4) is 0 Å². The highest BCUT2D eigenvalue weighted by Crippen LogP contribution is 2.33. The molecular weight excluding hydrogens is 238 g/mol. The molecule has 0 saturated heterocycles. The van der Waals surface area contributed by atoms with Crippen molar-refractivity contribution in [3.8, 4) is 0 Å². The Labute approximate surface area is 107 Å². The van der Waals surface area contributed by atoms with Crippen LogP contribution in [0.1, 0.15) is 32.6 Å². The molecule has 0 spiro atoms. The zero-order chi connectivity index (χ0) is 12.8. The van der Waals surface area contributed by atoms with E-state index in [9.17, 15) is 9.59 Å². The summed E-state index contributed by atoms with van der Waals surface area (Å²) >= 11 is 4.61. The standard InChI is InChI=1S/C11H19N3O2S/c1-2-8(5-7-3-4-7)14-11(16)10(15)13-6-9(12)17/h7-8H,2-6H2,1H3,(H2,12,17)(H,13,15)(H,14,16). The second kappa shape index (κ2) is 6.54. The first-order valence-corrected chi connectivity index (χ1v) is 6.30. The monoisotopic (exact) mass is 257 g/mol. The average molecular weight is 257 g/mol. The summed E-state index contributed by atoms with van der Waals surface area (Å²) in [5, 5.41) is 5.09. The Balaban J connectivity index is 2.29. The van der Waals surface area contributed by atoms with Gasteiger partial charge in [-0.2, -0.15) is 0 Å². The van der Waals surface area contributed by atoms with E-state index in [0.717, 1.165) is 18.8 Å². The van der Waals surface area contributed by atoms with Crippen LogP contribution in [0.5, 0.6) is 0 Å². The van der Waals surface area contributed by atoms with Crippen LogP contribution in [0.4, 0.5) is 0 Å². The van der Waals surface area contributed by atoms with Gasteiger partial charge in [0.2, 0.25) is 0 Å². The van der Waals surface area contributed by atoms with Crippen LogP contribution in [0.25, 0.3) is 0 Å². The van der Waals surface area contributed by atoms with E-state index in [0.29, 0.717) is 0 Å². The molecule has 0 aromatic rings. The van der Waals surface area contributed by atoms with Gasteiger partial charge in [0.15, 0.2) is 0 Å². The fourth-order valence-electron chi connectivity index (χ4n) is 1.58. The molecule has 6 heteroatoms. The SMILES string of the molecule is CCC(CC1CC1)NC(=O)C(=O)NCC(N)=S. The Bertz CT molecular complexity index is 316. The molecule has 0 aromatic heterocycles. The second-order valence-corrected chi connectivity index (χ2v) is 4.93. The number of rotatable bonds is 6. The molecule has 4 N–H and O–H groups in total. The van der Waals surface area contributed by atoms with Crippen LogP contribution in [0.2, 0.25) is 0 Å². The van der Waals surface area contributed by atoms with E-state index in [-0.39, 0.29) is 17.6 Å². The Morgan fingerprint density at radius 2 is 2.06 bits per heavy atom. The van der Waals surface area contributed by atoms with Gasteiger partial charge in [-0.25, -0.2) is 0 Å². The third-order valence-corrected chi connectivity index (χ3v) is 2.92. The molecule has 5 nitrogen and oxygen atoms in total. The molecule has 1 saturated carbocycles. The van der Waals surface area contributed by atoms with Crippen LogP contribution in [0.15, 0.2) is 0 Å². The molecule has 0 heterocycles. The van der Waals surface area contributed by atoms with Crippen LogP contribution in [-0.4, -0.2) is 29.4 Å². The molecule has 1 fully saturated rings. The van der Waals surface area contributed by atoms with Crippen molar-refractivity contribution in [1.29, 1.82) is 0 Å². The summed E-state index contributed by atoms with van der Waals surface area (Å²) in [6, 6.07) is 0.0885. The molecule has 0 bridgehead atoms. The van der Waals surface area contributed by atoms with E-state index in [4.69, 9.17) is 5.73 Å². The van der Waals surface area contributed by atoms with Gasteiger partial charge in [-0.1, -0.05) is 32.0 Å². The van der Waals surface area contributed by atoms with Crippen molar-refractivity contribution in [3.63, 3.8) is 0 Å². The summed E-state index contributed by atoms with van der Waals surface area (Å²) in [5.41, 5.74) is 5.23. The highest BCUT2D eigenvalue weighted by Gasteiger charge is 2.26. The minimum absolute atomic E-state index is 0.0566. The molecule has 1 unspecified atom stereocenters. The van der Waals surface area contributed by atoms with E-state index in [2.05, 4.69) is 22.9 Å². The minimum atomic E-state index is -0.674. The molecule has 2 amide bonds.